The first kappa shape index (κ1) is 52.0. The van der Waals surface area contributed by atoms with Gasteiger partial charge in [0.1, 0.15) is 0 Å². The molecule has 0 atom stereocenters. The summed E-state index contributed by atoms with van der Waals surface area (Å²) < 4.78 is 335. The quantitative estimate of drug-likeness (QED) is 0.108. The van der Waals surface area contributed by atoms with Crippen LogP contribution in [0.4, 0.5) is 105 Å². The maximum Gasteiger partial charge on any atom is 0.460 e. The second kappa shape index (κ2) is 16.6. The van der Waals surface area contributed by atoms with E-state index in [1.54, 1.807) is 0 Å². The van der Waals surface area contributed by atoms with Gasteiger partial charge in [0.25, 0.3) is 0 Å². The summed E-state index contributed by atoms with van der Waals surface area (Å²) in [5.74, 6) is -44.5. The van der Waals surface area contributed by atoms with Gasteiger partial charge in [-0.05, 0) is 58.7 Å². The Morgan fingerprint density at radius 2 is 0.667 bits per heavy atom. The topological polar surface area (TPSA) is 62.1 Å². The third-order valence-corrected chi connectivity index (χ3v) is 9.83. The van der Waals surface area contributed by atoms with E-state index in [1.807, 2.05) is 0 Å². The van der Waals surface area contributed by atoms with Crippen LogP contribution in [-0.4, -0.2) is 80.6 Å². The van der Waals surface area contributed by atoms with Gasteiger partial charge in [0.05, 0.1) is 22.2 Å². The van der Waals surface area contributed by atoms with Crippen molar-refractivity contribution in [2.45, 2.75) is 60.2 Å². The summed E-state index contributed by atoms with van der Waals surface area (Å²) in [4.78, 5) is 9.67. The molecule has 0 aliphatic carbocycles. The Balaban J connectivity index is 1.58. The van der Waals surface area contributed by atoms with E-state index < -0.39 is 103 Å². The zero-order valence-corrected chi connectivity index (χ0v) is 32.7. The third-order valence-electron chi connectivity index (χ3n) is 9.83. The van der Waals surface area contributed by atoms with E-state index in [0.717, 1.165) is 36.4 Å². The molecule has 0 radical (unpaired) electrons. The number of rotatable bonds is 13. The Hall–Kier alpha value is -6.39. The molecule has 2 heterocycles. The number of halogens is 24. The maximum absolute atomic E-state index is 14.6. The molecule has 2 aromatic heterocycles. The Labute approximate surface area is 366 Å². The number of alkyl halides is 24. The molecule has 6 aromatic rings. The van der Waals surface area contributed by atoms with Gasteiger partial charge in [-0.2, -0.15) is 115 Å². The lowest BCUT2D eigenvalue weighted by Gasteiger charge is -2.33. The second-order valence-corrected chi connectivity index (χ2v) is 14.4. The van der Waals surface area contributed by atoms with Crippen LogP contribution in [0, 0.1) is 0 Å². The fourth-order valence-corrected chi connectivity index (χ4v) is 6.16. The second-order valence-electron chi connectivity index (χ2n) is 14.4. The molecule has 0 saturated carbocycles. The minimum Gasteiger partial charge on any atom is -0.457 e. The Morgan fingerprint density at radius 3 is 0.957 bits per heavy atom. The van der Waals surface area contributed by atoms with Gasteiger partial charge in [-0.1, -0.05) is 48.5 Å². The highest BCUT2D eigenvalue weighted by molar-refractivity contribution is 6.11. The summed E-state index contributed by atoms with van der Waals surface area (Å²) in [6, 6.07) is 9.07. The lowest BCUT2D eigenvalue weighted by Crippen LogP contribution is -2.62. The molecule has 6 nitrogen and oxygen atoms in total. The van der Waals surface area contributed by atoms with Crippen molar-refractivity contribution in [1.29, 1.82) is 0 Å². The molecule has 0 N–H and O–H groups in total. The smallest absolute Gasteiger partial charge is 0.457 e. The molecule has 0 unspecified atom stereocenters. The van der Waals surface area contributed by atoms with E-state index in [1.165, 1.54) is 24.3 Å². The third kappa shape index (κ3) is 9.28. The Morgan fingerprint density at radius 1 is 0.362 bits per heavy atom. The minimum absolute atomic E-state index is 0.0338. The Bertz CT molecular complexity index is 2660. The van der Waals surface area contributed by atoms with Gasteiger partial charge in [-0.25, -0.2) is 0 Å². The molecular formula is C39H18F24N4O2. The molecule has 374 valence electrons. The molecule has 0 amide bonds. The first-order valence-electron chi connectivity index (χ1n) is 18.1. The fourth-order valence-electron chi connectivity index (χ4n) is 6.16. The molecule has 4 aromatic carbocycles. The van der Waals surface area contributed by atoms with Crippen LogP contribution in [0.25, 0.3) is 50.0 Å². The predicted molar refractivity (Wildman–Crippen MR) is 188 cm³/mol. The Kier molecular flexibility index (Phi) is 12.5. The van der Waals surface area contributed by atoms with E-state index in [-0.39, 0.29) is 44.1 Å². The molecule has 6 rings (SSSR count). The van der Waals surface area contributed by atoms with Crippen LogP contribution in [0.15, 0.2) is 84.9 Å². The monoisotopic (exact) mass is 1030 g/mol. The normalized spacial score (nSPS) is 14.2. The summed E-state index contributed by atoms with van der Waals surface area (Å²) >= 11 is 0. The molecule has 0 saturated heterocycles. The highest BCUT2D eigenvalue weighted by atomic mass is 19.4. The molecule has 0 aliphatic heterocycles. The van der Waals surface area contributed by atoms with Gasteiger partial charge in [-0.3, -0.25) is 4.57 Å². The van der Waals surface area contributed by atoms with Crippen LogP contribution in [0.1, 0.15) is 11.1 Å². The average Bonchev–Trinajstić information content (AvgIpc) is 3.56. The largest absolute Gasteiger partial charge is 0.460 e. The zero-order valence-electron chi connectivity index (χ0n) is 32.7. The van der Waals surface area contributed by atoms with E-state index in [2.05, 4.69) is 24.4 Å². The van der Waals surface area contributed by atoms with Crippen LogP contribution >= 0.6 is 0 Å². The average molecular weight is 1030 g/mol. The van der Waals surface area contributed by atoms with Crippen molar-refractivity contribution in [3.05, 3.63) is 96.1 Å². The molecule has 0 fully saturated rings. The summed E-state index contributed by atoms with van der Waals surface area (Å²) in [5, 5.41) is -0.0720. The van der Waals surface area contributed by atoms with E-state index in [4.69, 9.17) is 0 Å². The minimum atomic E-state index is -7.53. The van der Waals surface area contributed by atoms with Crippen molar-refractivity contribution in [2.75, 3.05) is 13.2 Å². The van der Waals surface area contributed by atoms with Crippen molar-refractivity contribution in [1.82, 2.24) is 19.5 Å². The molecule has 0 bridgehead atoms. The SMILES string of the molecule is FC(F)(F)c1ccc(-c2ccc3c4ccc(-c5ccc(C(F)(F)F)cc5)cc4n(-c4nc(OCC(F)(F)C(F)(F)C(F)(F)C(F)(F)F)nc(OCC(F)(F)C(F)(F)C(F)(F)C(F)(F)F)n4)c3c2)cc1. The summed E-state index contributed by atoms with van der Waals surface area (Å²) in [6.07, 6.45) is -24.4. The lowest BCUT2D eigenvalue weighted by atomic mass is 10.0. The molecule has 69 heavy (non-hydrogen) atoms. The summed E-state index contributed by atoms with van der Waals surface area (Å²) in [7, 11) is 0. The first-order chi connectivity index (χ1) is 31.2. The molecule has 30 heteroatoms. The van der Waals surface area contributed by atoms with Crippen molar-refractivity contribution in [3.8, 4) is 40.2 Å². The molecule has 0 spiro atoms. The van der Waals surface area contributed by atoms with Crippen molar-refractivity contribution in [2.24, 2.45) is 0 Å². The van der Waals surface area contributed by atoms with Crippen LogP contribution < -0.4 is 9.47 Å². The summed E-state index contributed by atoms with van der Waals surface area (Å²) in [5.41, 5.74) is -3.20. The number of benzene rings is 4. The van der Waals surface area contributed by atoms with E-state index >= 15 is 0 Å². The van der Waals surface area contributed by atoms with Gasteiger partial charge in [0.2, 0.25) is 5.95 Å². The van der Waals surface area contributed by atoms with Crippen molar-refractivity contribution in [3.63, 3.8) is 0 Å². The zero-order chi connectivity index (χ0) is 51.9. The molecular weight excluding hydrogens is 1010 g/mol. The maximum atomic E-state index is 14.6. The van der Waals surface area contributed by atoms with E-state index in [9.17, 15) is 105 Å². The first-order valence-corrected chi connectivity index (χ1v) is 18.1. The van der Waals surface area contributed by atoms with Crippen LogP contribution in [0.2, 0.25) is 0 Å². The number of ether oxygens (including phenoxy) is 2. The van der Waals surface area contributed by atoms with Crippen LogP contribution in [-0.2, 0) is 12.4 Å². The number of hydrogen-bond donors (Lipinski definition) is 0. The fraction of sp³-hybridized carbons (Fsp3) is 0.308. The van der Waals surface area contributed by atoms with Gasteiger partial charge in [-0.15, -0.1) is 4.98 Å². The van der Waals surface area contributed by atoms with E-state index in [0.29, 0.717) is 28.8 Å². The van der Waals surface area contributed by atoms with Crippen LogP contribution in [0.5, 0.6) is 12.0 Å². The standard InChI is InChI=1S/C39H18F24N4O2/c40-30(41,34(50,51)36(54,55)38(58,59)60)15-68-28-64-27(65-29(66-28)69-16-31(42,43)35(52,53)37(56,57)39(61,62)63)67-25-13-19(17-1-7-21(8-2-17)32(44,45)46)5-11-23(25)24-12-6-20(14-26(24)67)18-3-9-22(10-4-18)33(47,48)49/h1-14H,15-16H2. The summed E-state index contributed by atoms with van der Waals surface area (Å²) in [6.45, 7) is -6.63. The van der Waals surface area contributed by atoms with Gasteiger partial charge < -0.3 is 9.47 Å². The number of aromatic nitrogens is 4. The number of hydrogen-bond acceptors (Lipinski definition) is 5. The highest BCUT2D eigenvalue weighted by Gasteiger charge is 2.83. The van der Waals surface area contributed by atoms with Gasteiger partial charge in [0, 0.05) is 10.8 Å². The lowest BCUT2D eigenvalue weighted by molar-refractivity contribution is -0.398. The number of nitrogens with zero attached hydrogens (tertiary/aromatic N) is 4. The van der Waals surface area contributed by atoms with Crippen LogP contribution in [0.3, 0.4) is 0 Å². The predicted octanol–water partition coefficient (Wildman–Crippen LogP) is 14.0. The van der Waals surface area contributed by atoms with Gasteiger partial charge >= 0.3 is 72.3 Å². The highest BCUT2D eigenvalue weighted by Crippen LogP contribution is 2.54. The molecule has 0 aliphatic rings. The number of fused-ring (bicyclic) bond motifs is 3. The van der Waals surface area contributed by atoms with Gasteiger partial charge in [0.15, 0.2) is 13.2 Å². The van der Waals surface area contributed by atoms with Crippen molar-refractivity contribution < 1.29 is 115 Å². The van der Waals surface area contributed by atoms with Crippen molar-refractivity contribution >= 4 is 21.8 Å².